The second kappa shape index (κ2) is 9.95. The fourth-order valence-corrected chi connectivity index (χ4v) is 4.79. The first-order valence-corrected chi connectivity index (χ1v) is 12.0. The van der Waals surface area contributed by atoms with Crippen molar-refractivity contribution in [3.63, 3.8) is 0 Å². The Morgan fingerprint density at radius 2 is 1.91 bits per heavy atom. The van der Waals surface area contributed by atoms with Crippen molar-refractivity contribution in [2.75, 3.05) is 19.8 Å². The fraction of sp³-hybridized carbons (Fsp3) is 0.481. The SMILES string of the molecule is CC(C)(C)OC(=O)N[C@@]1(CO)CC[C@@H](C(=O)N2CCc3ccccc3[C@@H]2c2ccc(F)cc2)OC1. The summed E-state index contributed by atoms with van der Waals surface area (Å²) < 4.78 is 24.9. The molecule has 2 aromatic carbocycles. The normalized spacial score (nSPS) is 24.4. The molecule has 188 valence electrons. The zero-order chi connectivity index (χ0) is 25.2. The summed E-state index contributed by atoms with van der Waals surface area (Å²) in [5.41, 5.74) is 1.33. The molecule has 8 heteroatoms. The number of amides is 2. The van der Waals surface area contributed by atoms with E-state index in [0.717, 1.165) is 16.7 Å². The number of nitrogens with zero attached hydrogens (tertiary/aromatic N) is 1. The largest absolute Gasteiger partial charge is 0.444 e. The summed E-state index contributed by atoms with van der Waals surface area (Å²) in [6.45, 7) is 5.46. The number of aliphatic hydroxyl groups is 1. The highest BCUT2D eigenvalue weighted by atomic mass is 19.1. The molecule has 2 aliphatic heterocycles. The summed E-state index contributed by atoms with van der Waals surface area (Å²) in [7, 11) is 0. The predicted molar refractivity (Wildman–Crippen MR) is 128 cm³/mol. The molecular formula is C27H33FN2O5. The van der Waals surface area contributed by atoms with Crippen LogP contribution < -0.4 is 5.32 Å². The number of carbonyl (C=O) groups excluding carboxylic acids is 2. The van der Waals surface area contributed by atoms with Gasteiger partial charge in [0.25, 0.3) is 5.91 Å². The van der Waals surface area contributed by atoms with Gasteiger partial charge in [0.15, 0.2) is 0 Å². The van der Waals surface area contributed by atoms with Crippen LogP contribution >= 0.6 is 0 Å². The Morgan fingerprint density at radius 1 is 1.20 bits per heavy atom. The third-order valence-corrected chi connectivity index (χ3v) is 6.54. The van der Waals surface area contributed by atoms with Crippen molar-refractivity contribution in [2.45, 2.75) is 63.3 Å². The molecule has 0 bridgehead atoms. The van der Waals surface area contributed by atoms with E-state index in [1.54, 1.807) is 37.8 Å². The number of hydrogen-bond donors (Lipinski definition) is 2. The Morgan fingerprint density at radius 3 is 2.54 bits per heavy atom. The molecule has 1 saturated heterocycles. The summed E-state index contributed by atoms with van der Waals surface area (Å²) in [5, 5.41) is 12.7. The highest BCUT2D eigenvalue weighted by molar-refractivity contribution is 5.82. The van der Waals surface area contributed by atoms with Crippen LogP contribution in [0.5, 0.6) is 0 Å². The van der Waals surface area contributed by atoms with Gasteiger partial charge in [-0.05, 0) is 68.9 Å². The van der Waals surface area contributed by atoms with Crippen LogP contribution in [-0.4, -0.2) is 59.0 Å². The van der Waals surface area contributed by atoms with E-state index in [2.05, 4.69) is 11.4 Å². The molecule has 2 aromatic rings. The number of alkyl carbamates (subject to hydrolysis) is 1. The van der Waals surface area contributed by atoms with E-state index in [4.69, 9.17) is 9.47 Å². The van der Waals surface area contributed by atoms with Crippen molar-refractivity contribution >= 4 is 12.0 Å². The Bertz CT molecular complexity index is 1060. The topological polar surface area (TPSA) is 88.1 Å². The molecule has 2 amide bonds. The van der Waals surface area contributed by atoms with Gasteiger partial charge in [-0.3, -0.25) is 4.79 Å². The summed E-state index contributed by atoms with van der Waals surface area (Å²) in [5.74, 6) is -0.484. The van der Waals surface area contributed by atoms with E-state index in [-0.39, 0.29) is 31.0 Å². The molecule has 2 aliphatic rings. The molecule has 0 saturated carbocycles. The molecule has 7 nitrogen and oxygen atoms in total. The standard InChI is InChI=1S/C27H33FN2O5/c1-26(2,3)35-25(33)29-27(16-31)14-12-22(34-17-27)24(32)30-15-13-18-6-4-5-7-21(18)23(30)19-8-10-20(28)11-9-19/h4-11,22-23,31H,12-17H2,1-3H3,(H,29,33)/t22-,23-,27+/m0/s1. The molecule has 0 aliphatic carbocycles. The number of aliphatic hydroxyl groups excluding tert-OH is 1. The van der Waals surface area contributed by atoms with Gasteiger partial charge in [0.2, 0.25) is 0 Å². The quantitative estimate of drug-likeness (QED) is 0.691. The van der Waals surface area contributed by atoms with Crippen molar-refractivity contribution in [2.24, 2.45) is 0 Å². The lowest BCUT2D eigenvalue weighted by atomic mass is 9.86. The molecular weight excluding hydrogens is 451 g/mol. The number of benzene rings is 2. The molecule has 0 spiro atoms. The van der Waals surface area contributed by atoms with Crippen molar-refractivity contribution in [1.29, 1.82) is 0 Å². The van der Waals surface area contributed by atoms with Crippen LogP contribution in [0.15, 0.2) is 48.5 Å². The van der Waals surface area contributed by atoms with Crippen LogP contribution in [0.25, 0.3) is 0 Å². The number of rotatable bonds is 4. The highest BCUT2D eigenvalue weighted by Gasteiger charge is 2.43. The molecule has 2 heterocycles. The van der Waals surface area contributed by atoms with E-state index in [0.29, 0.717) is 25.8 Å². The number of carbonyl (C=O) groups is 2. The third kappa shape index (κ3) is 5.65. The highest BCUT2D eigenvalue weighted by Crippen LogP contribution is 2.37. The zero-order valence-electron chi connectivity index (χ0n) is 20.4. The Labute approximate surface area is 205 Å². The Hall–Kier alpha value is -2.97. The number of halogens is 1. The summed E-state index contributed by atoms with van der Waals surface area (Å²) in [6.07, 6.45) is 0.0775. The maximum absolute atomic E-state index is 13.7. The number of fused-ring (bicyclic) bond motifs is 1. The van der Waals surface area contributed by atoms with Crippen LogP contribution in [-0.2, 0) is 20.7 Å². The first-order valence-electron chi connectivity index (χ1n) is 12.0. The van der Waals surface area contributed by atoms with Crippen molar-refractivity contribution in [3.8, 4) is 0 Å². The van der Waals surface area contributed by atoms with Gasteiger partial charge in [-0.2, -0.15) is 0 Å². The van der Waals surface area contributed by atoms with Crippen LogP contribution in [0, 0.1) is 5.82 Å². The maximum Gasteiger partial charge on any atom is 0.408 e. The van der Waals surface area contributed by atoms with Gasteiger partial charge in [-0.25, -0.2) is 9.18 Å². The second-order valence-corrected chi connectivity index (χ2v) is 10.3. The van der Waals surface area contributed by atoms with Crippen LogP contribution in [0.3, 0.4) is 0 Å². The van der Waals surface area contributed by atoms with E-state index < -0.39 is 23.3 Å². The first-order chi connectivity index (χ1) is 16.6. The van der Waals surface area contributed by atoms with E-state index >= 15 is 0 Å². The fourth-order valence-electron chi connectivity index (χ4n) is 4.79. The summed E-state index contributed by atoms with van der Waals surface area (Å²) in [6, 6.07) is 13.9. The molecule has 0 radical (unpaired) electrons. The molecule has 4 rings (SSSR count). The smallest absolute Gasteiger partial charge is 0.408 e. The van der Waals surface area contributed by atoms with Crippen LogP contribution in [0.1, 0.15) is 56.3 Å². The predicted octanol–water partition coefficient (Wildman–Crippen LogP) is 3.73. The molecule has 3 atom stereocenters. The van der Waals surface area contributed by atoms with Gasteiger partial charge in [0.1, 0.15) is 17.5 Å². The van der Waals surface area contributed by atoms with Crippen LogP contribution in [0.4, 0.5) is 9.18 Å². The summed E-state index contributed by atoms with van der Waals surface area (Å²) >= 11 is 0. The van der Waals surface area contributed by atoms with Crippen molar-refractivity contribution in [3.05, 3.63) is 71.0 Å². The maximum atomic E-state index is 13.7. The summed E-state index contributed by atoms with van der Waals surface area (Å²) in [4.78, 5) is 27.8. The Kier molecular flexibility index (Phi) is 7.15. The number of ether oxygens (including phenoxy) is 2. The van der Waals surface area contributed by atoms with Gasteiger partial charge in [-0.1, -0.05) is 36.4 Å². The molecule has 2 N–H and O–H groups in total. The zero-order valence-corrected chi connectivity index (χ0v) is 20.4. The average molecular weight is 485 g/mol. The number of hydrogen-bond acceptors (Lipinski definition) is 5. The minimum atomic E-state index is -1.01. The van der Waals surface area contributed by atoms with E-state index in [9.17, 15) is 19.1 Å². The van der Waals surface area contributed by atoms with E-state index in [1.165, 1.54) is 12.1 Å². The Balaban J connectivity index is 1.51. The lowest BCUT2D eigenvalue weighted by Gasteiger charge is -2.43. The van der Waals surface area contributed by atoms with E-state index in [1.807, 2.05) is 18.2 Å². The monoisotopic (exact) mass is 484 g/mol. The second-order valence-electron chi connectivity index (χ2n) is 10.3. The van der Waals surface area contributed by atoms with Crippen molar-refractivity contribution < 1.29 is 28.6 Å². The van der Waals surface area contributed by atoms with Gasteiger partial charge < -0.3 is 24.8 Å². The van der Waals surface area contributed by atoms with Gasteiger partial charge in [0.05, 0.1) is 24.8 Å². The first kappa shape index (κ1) is 25.1. The van der Waals surface area contributed by atoms with Gasteiger partial charge in [0, 0.05) is 6.54 Å². The van der Waals surface area contributed by atoms with Crippen LogP contribution in [0.2, 0.25) is 0 Å². The average Bonchev–Trinajstić information content (AvgIpc) is 2.83. The third-order valence-electron chi connectivity index (χ3n) is 6.54. The molecule has 35 heavy (non-hydrogen) atoms. The van der Waals surface area contributed by atoms with Gasteiger partial charge in [-0.15, -0.1) is 0 Å². The molecule has 1 fully saturated rings. The molecule has 0 aromatic heterocycles. The lowest BCUT2D eigenvalue weighted by Crippen LogP contribution is -2.60. The van der Waals surface area contributed by atoms with Gasteiger partial charge >= 0.3 is 6.09 Å². The minimum absolute atomic E-state index is 0.00914. The minimum Gasteiger partial charge on any atom is -0.444 e. The van der Waals surface area contributed by atoms with Crippen molar-refractivity contribution in [1.82, 2.24) is 10.2 Å². The molecule has 0 unspecified atom stereocenters. The number of nitrogens with one attached hydrogen (secondary N) is 1. The lowest BCUT2D eigenvalue weighted by molar-refractivity contribution is -0.153.